The van der Waals surface area contributed by atoms with E-state index in [4.69, 9.17) is 5.11 Å². The molecule has 4 heteroatoms. The first kappa shape index (κ1) is 11.8. The van der Waals surface area contributed by atoms with Crippen LogP contribution < -0.4 is 0 Å². The molecule has 1 aromatic heterocycles. The summed E-state index contributed by atoms with van der Waals surface area (Å²) in [5.74, 6) is -0.765. The zero-order chi connectivity index (χ0) is 11.6. The molecule has 4 nitrogen and oxygen atoms in total. The van der Waals surface area contributed by atoms with E-state index < -0.39 is 5.97 Å². The van der Waals surface area contributed by atoms with Crippen LogP contribution in [0.25, 0.3) is 0 Å². The predicted molar refractivity (Wildman–Crippen MR) is 57.9 cm³/mol. The minimum absolute atomic E-state index is 0.000906. The number of aromatic nitrogens is 2. The van der Waals surface area contributed by atoms with Crippen molar-refractivity contribution in [1.82, 2.24) is 9.78 Å². The molecule has 0 spiro atoms. The number of hydrogen-bond acceptors (Lipinski definition) is 2. The van der Waals surface area contributed by atoms with Crippen LogP contribution in [0, 0.1) is 0 Å². The van der Waals surface area contributed by atoms with Gasteiger partial charge in [-0.15, -0.1) is 0 Å². The minimum Gasteiger partial charge on any atom is -0.481 e. The SMILES string of the molecule is Cn1ncc(CCC(=O)O)c1C(C)(C)C. The van der Waals surface area contributed by atoms with Gasteiger partial charge in [0.25, 0.3) is 0 Å². The Balaban J connectivity index is 2.94. The first-order chi connectivity index (χ1) is 6.82. The second-order valence-corrected chi connectivity index (χ2v) is 4.79. The highest BCUT2D eigenvalue weighted by molar-refractivity contribution is 5.67. The lowest BCUT2D eigenvalue weighted by molar-refractivity contribution is -0.136. The van der Waals surface area contributed by atoms with Crippen molar-refractivity contribution < 1.29 is 9.90 Å². The van der Waals surface area contributed by atoms with Gasteiger partial charge in [-0.1, -0.05) is 20.8 Å². The molecule has 0 amide bonds. The Hall–Kier alpha value is -1.32. The lowest BCUT2D eigenvalue weighted by Gasteiger charge is -2.20. The molecule has 0 aliphatic carbocycles. The lowest BCUT2D eigenvalue weighted by Crippen LogP contribution is -2.18. The molecule has 0 saturated heterocycles. The number of hydrogen-bond donors (Lipinski definition) is 1. The fourth-order valence-corrected chi connectivity index (χ4v) is 1.87. The summed E-state index contributed by atoms with van der Waals surface area (Å²) in [4.78, 5) is 10.5. The van der Waals surface area contributed by atoms with Gasteiger partial charge >= 0.3 is 5.97 Å². The van der Waals surface area contributed by atoms with E-state index in [0.717, 1.165) is 11.3 Å². The summed E-state index contributed by atoms with van der Waals surface area (Å²) in [6, 6.07) is 0. The smallest absolute Gasteiger partial charge is 0.303 e. The van der Waals surface area contributed by atoms with Gasteiger partial charge in [0.05, 0.1) is 6.20 Å². The molecule has 1 N–H and O–H groups in total. The third-order valence-electron chi connectivity index (χ3n) is 2.33. The molecule has 15 heavy (non-hydrogen) atoms. The van der Waals surface area contributed by atoms with Crippen molar-refractivity contribution in [3.63, 3.8) is 0 Å². The normalized spacial score (nSPS) is 11.7. The number of nitrogens with zero attached hydrogens (tertiary/aromatic N) is 2. The van der Waals surface area contributed by atoms with Gasteiger partial charge in [-0.05, 0) is 12.0 Å². The fourth-order valence-electron chi connectivity index (χ4n) is 1.87. The summed E-state index contributed by atoms with van der Waals surface area (Å²) in [6.07, 6.45) is 2.48. The van der Waals surface area contributed by atoms with E-state index in [0.29, 0.717) is 6.42 Å². The average molecular weight is 210 g/mol. The monoisotopic (exact) mass is 210 g/mol. The molecule has 0 aliphatic heterocycles. The molecule has 1 heterocycles. The first-order valence-electron chi connectivity index (χ1n) is 5.05. The molecule has 0 radical (unpaired) electrons. The van der Waals surface area contributed by atoms with Crippen molar-refractivity contribution in [1.29, 1.82) is 0 Å². The van der Waals surface area contributed by atoms with E-state index in [9.17, 15) is 4.79 Å². The third-order valence-corrected chi connectivity index (χ3v) is 2.33. The molecule has 1 aromatic rings. The van der Waals surface area contributed by atoms with Crippen molar-refractivity contribution in [2.75, 3.05) is 0 Å². The quantitative estimate of drug-likeness (QED) is 0.826. The summed E-state index contributed by atoms with van der Waals surface area (Å²) in [5.41, 5.74) is 2.15. The predicted octanol–water partition coefficient (Wildman–Crippen LogP) is 1.73. The van der Waals surface area contributed by atoms with Gasteiger partial charge in [0.1, 0.15) is 0 Å². The number of aryl methyl sites for hydroxylation is 2. The first-order valence-corrected chi connectivity index (χ1v) is 5.05. The van der Waals surface area contributed by atoms with Crippen LogP contribution in [0.1, 0.15) is 38.4 Å². The van der Waals surface area contributed by atoms with E-state index >= 15 is 0 Å². The molecule has 0 fully saturated rings. The zero-order valence-corrected chi connectivity index (χ0v) is 9.74. The summed E-state index contributed by atoms with van der Waals surface area (Å²) >= 11 is 0. The second-order valence-electron chi connectivity index (χ2n) is 4.79. The Morgan fingerprint density at radius 3 is 2.60 bits per heavy atom. The highest BCUT2D eigenvalue weighted by atomic mass is 16.4. The Bertz CT molecular complexity index is 361. The van der Waals surface area contributed by atoms with Crippen LogP contribution in [0.3, 0.4) is 0 Å². The molecule has 1 rings (SSSR count). The van der Waals surface area contributed by atoms with Crippen molar-refractivity contribution >= 4 is 5.97 Å². The van der Waals surface area contributed by atoms with Crippen molar-refractivity contribution in [3.05, 3.63) is 17.5 Å². The molecule has 0 aliphatic rings. The molecular weight excluding hydrogens is 192 g/mol. The van der Waals surface area contributed by atoms with Crippen LogP contribution in [-0.4, -0.2) is 20.9 Å². The van der Waals surface area contributed by atoms with Crippen molar-refractivity contribution in [2.24, 2.45) is 7.05 Å². The molecular formula is C11H18N2O2. The third kappa shape index (κ3) is 2.81. The summed E-state index contributed by atoms with van der Waals surface area (Å²) in [6.45, 7) is 6.32. The average Bonchev–Trinajstić information content (AvgIpc) is 2.42. The Labute approximate surface area is 89.9 Å². The van der Waals surface area contributed by atoms with Gasteiger partial charge in [-0.25, -0.2) is 0 Å². The second kappa shape index (κ2) is 4.04. The van der Waals surface area contributed by atoms with E-state index in [1.165, 1.54) is 0 Å². The van der Waals surface area contributed by atoms with Crippen molar-refractivity contribution in [2.45, 2.75) is 39.0 Å². The lowest BCUT2D eigenvalue weighted by atomic mass is 9.88. The van der Waals surface area contributed by atoms with Gasteiger partial charge in [0.15, 0.2) is 0 Å². The molecule has 0 saturated carbocycles. The summed E-state index contributed by atoms with van der Waals surface area (Å²) < 4.78 is 1.83. The zero-order valence-electron chi connectivity index (χ0n) is 9.74. The van der Waals surface area contributed by atoms with Gasteiger partial charge in [0.2, 0.25) is 0 Å². The van der Waals surface area contributed by atoms with Crippen LogP contribution in [-0.2, 0) is 23.7 Å². The van der Waals surface area contributed by atoms with Crippen LogP contribution in [0.15, 0.2) is 6.20 Å². The standard InChI is InChI=1S/C11H18N2O2/c1-11(2,3)10-8(5-6-9(14)15)7-12-13(10)4/h7H,5-6H2,1-4H3,(H,14,15). The van der Waals surface area contributed by atoms with E-state index in [1.54, 1.807) is 6.20 Å². The maximum absolute atomic E-state index is 10.5. The molecule has 84 valence electrons. The summed E-state index contributed by atoms with van der Waals surface area (Å²) in [7, 11) is 1.89. The fraction of sp³-hybridized carbons (Fsp3) is 0.636. The number of carboxylic acid groups (broad SMARTS) is 1. The van der Waals surface area contributed by atoms with Crippen LogP contribution in [0.2, 0.25) is 0 Å². The Kier molecular flexibility index (Phi) is 3.17. The van der Waals surface area contributed by atoms with Crippen LogP contribution in [0.4, 0.5) is 0 Å². The Morgan fingerprint density at radius 2 is 2.13 bits per heavy atom. The minimum atomic E-state index is -0.765. The topological polar surface area (TPSA) is 55.1 Å². The highest BCUT2D eigenvalue weighted by Gasteiger charge is 2.22. The highest BCUT2D eigenvalue weighted by Crippen LogP contribution is 2.25. The number of carboxylic acids is 1. The van der Waals surface area contributed by atoms with Crippen LogP contribution in [0.5, 0.6) is 0 Å². The molecule has 0 atom stereocenters. The van der Waals surface area contributed by atoms with E-state index in [1.807, 2.05) is 11.7 Å². The maximum Gasteiger partial charge on any atom is 0.303 e. The Morgan fingerprint density at radius 1 is 1.53 bits per heavy atom. The van der Waals surface area contributed by atoms with Gasteiger partial charge in [0, 0.05) is 24.6 Å². The molecule has 0 aromatic carbocycles. The number of carbonyl (C=O) groups is 1. The van der Waals surface area contributed by atoms with Gasteiger partial charge < -0.3 is 5.11 Å². The number of aliphatic carboxylic acids is 1. The van der Waals surface area contributed by atoms with Gasteiger partial charge in [-0.3, -0.25) is 9.48 Å². The largest absolute Gasteiger partial charge is 0.481 e. The molecule has 0 unspecified atom stereocenters. The van der Waals surface area contributed by atoms with E-state index in [-0.39, 0.29) is 11.8 Å². The van der Waals surface area contributed by atoms with Crippen molar-refractivity contribution in [3.8, 4) is 0 Å². The van der Waals surface area contributed by atoms with Crippen LogP contribution >= 0.6 is 0 Å². The van der Waals surface area contributed by atoms with Gasteiger partial charge in [-0.2, -0.15) is 5.10 Å². The maximum atomic E-state index is 10.5. The molecule has 0 bridgehead atoms. The number of rotatable bonds is 3. The van der Waals surface area contributed by atoms with E-state index in [2.05, 4.69) is 25.9 Å². The summed E-state index contributed by atoms with van der Waals surface area (Å²) in [5, 5.41) is 12.8.